The second-order valence-corrected chi connectivity index (χ2v) is 10.9. The predicted octanol–water partition coefficient (Wildman–Crippen LogP) is -1.80. The molecule has 0 radical (unpaired) electrons. The van der Waals surface area contributed by atoms with Crippen molar-refractivity contribution in [2.45, 2.75) is 80.7 Å². The van der Waals surface area contributed by atoms with E-state index in [2.05, 4.69) is 5.32 Å². The fourth-order valence-corrected chi connectivity index (χ4v) is 6.39. The molecule has 0 bridgehead atoms. The number of benzene rings is 1. The number of nitrogens with zero attached hydrogens (tertiary/aromatic N) is 1. The summed E-state index contributed by atoms with van der Waals surface area (Å²) in [7, 11) is 0. The number of carbonyl (C=O) groups is 3. The van der Waals surface area contributed by atoms with Crippen molar-refractivity contribution < 1.29 is 53.8 Å². The summed E-state index contributed by atoms with van der Waals surface area (Å²) in [5.74, 6) is -1.12. The minimum Gasteiger partial charge on any atom is -0.548 e. The number of carboxylic acid groups (broad SMARTS) is 1. The third-order valence-electron chi connectivity index (χ3n) is 6.36. The van der Waals surface area contributed by atoms with Gasteiger partial charge in [-0.3, -0.25) is 9.59 Å². The molecule has 1 N–H and O–H groups in total. The number of carboxylic acids is 1. The van der Waals surface area contributed by atoms with E-state index in [9.17, 15) is 19.5 Å². The predicted molar refractivity (Wildman–Crippen MR) is 111 cm³/mol. The van der Waals surface area contributed by atoms with Crippen molar-refractivity contribution in [1.29, 1.82) is 0 Å². The van der Waals surface area contributed by atoms with Crippen LogP contribution in [0.15, 0.2) is 24.3 Å². The molecular weight excluding hydrogens is 427 g/mol. The molecule has 4 rings (SSSR count). The number of thioether (sulfide) groups is 1. The van der Waals surface area contributed by atoms with E-state index < -0.39 is 33.6 Å². The van der Waals surface area contributed by atoms with Crippen molar-refractivity contribution in [3.63, 3.8) is 0 Å². The van der Waals surface area contributed by atoms with Gasteiger partial charge in [0.15, 0.2) is 0 Å². The van der Waals surface area contributed by atoms with Crippen LogP contribution in [0.2, 0.25) is 0 Å². The van der Waals surface area contributed by atoms with Crippen molar-refractivity contribution in [3.05, 3.63) is 29.8 Å². The topological polar surface area (TPSA) is 98.8 Å². The van der Waals surface area contributed by atoms with E-state index in [1.807, 2.05) is 38.1 Å². The van der Waals surface area contributed by atoms with Gasteiger partial charge in [-0.15, -0.1) is 11.8 Å². The van der Waals surface area contributed by atoms with E-state index in [-0.39, 0.29) is 47.5 Å². The van der Waals surface area contributed by atoms with E-state index in [1.165, 1.54) is 16.7 Å². The number of carbonyl (C=O) groups excluding carboxylic acids is 3. The number of nitrogens with one attached hydrogen (secondary N) is 1. The molecule has 1 aromatic rings. The van der Waals surface area contributed by atoms with Gasteiger partial charge in [0.1, 0.15) is 17.2 Å². The van der Waals surface area contributed by atoms with Gasteiger partial charge in [0.25, 0.3) is 0 Å². The van der Waals surface area contributed by atoms with Gasteiger partial charge < -0.3 is 24.9 Å². The molecule has 3 aliphatic rings. The molecule has 2 aliphatic heterocycles. The third-order valence-corrected chi connectivity index (χ3v) is 7.93. The summed E-state index contributed by atoms with van der Waals surface area (Å²) in [4.78, 5) is 39.1. The van der Waals surface area contributed by atoms with Crippen LogP contribution in [0.1, 0.15) is 52.5 Å². The zero-order valence-electron chi connectivity index (χ0n) is 18.6. The number of fused-ring (bicyclic) bond motifs is 1. The van der Waals surface area contributed by atoms with E-state index in [0.29, 0.717) is 18.6 Å². The van der Waals surface area contributed by atoms with Crippen LogP contribution in [0.3, 0.4) is 0 Å². The minimum atomic E-state index is -1.26. The molecule has 9 heteroatoms. The summed E-state index contributed by atoms with van der Waals surface area (Å²) in [5.41, 5.74) is 0.122. The molecule has 2 saturated heterocycles. The van der Waals surface area contributed by atoms with Gasteiger partial charge in [0.05, 0.1) is 23.5 Å². The average molecular weight is 455 g/mol. The fourth-order valence-electron chi connectivity index (χ4n) is 4.77. The summed E-state index contributed by atoms with van der Waals surface area (Å²) in [6.07, 6.45) is 2.28. The van der Waals surface area contributed by atoms with Crippen molar-refractivity contribution in [1.82, 2.24) is 10.2 Å². The fraction of sp³-hybridized carbons (Fsp3) is 0.591. The number of aliphatic carboxylic acids is 1. The van der Waals surface area contributed by atoms with E-state index in [0.717, 1.165) is 12.0 Å². The Kier molecular flexibility index (Phi) is 6.79. The van der Waals surface area contributed by atoms with Gasteiger partial charge >= 0.3 is 29.6 Å². The van der Waals surface area contributed by atoms with Crippen LogP contribution in [0, 0.1) is 0 Å². The van der Waals surface area contributed by atoms with Crippen molar-refractivity contribution in [2.24, 2.45) is 0 Å². The van der Waals surface area contributed by atoms with Crippen molar-refractivity contribution in [2.75, 3.05) is 0 Å². The quantitative estimate of drug-likeness (QED) is 0.402. The standard InChI is InChI=1S/C22H28N2O5S.Na/c1-12(2)29-14-9-6-5-8-13(14)22(10-7-11-22)20(28)23-15-17(25)24-16(19(26)27)21(3,4)30-18(15)24;/h5-6,8-9,12,15-16,18H,7,10-11H2,1-4H3,(H,23,28)(H,26,27);/q;+1/p-1. The van der Waals surface area contributed by atoms with Gasteiger partial charge in [-0.05, 0) is 46.6 Å². The van der Waals surface area contributed by atoms with Gasteiger partial charge in [-0.2, -0.15) is 0 Å². The van der Waals surface area contributed by atoms with Crippen LogP contribution in [0.5, 0.6) is 5.75 Å². The first-order valence-electron chi connectivity index (χ1n) is 10.4. The number of amides is 2. The Labute approximate surface area is 208 Å². The number of rotatable bonds is 6. The molecule has 7 nitrogen and oxygen atoms in total. The molecule has 2 heterocycles. The van der Waals surface area contributed by atoms with Crippen molar-refractivity contribution >= 4 is 29.5 Å². The van der Waals surface area contributed by atoms with Crippen LogP contribution in [-0.4, -0.2) is 51.0 Å². The summed E-state index contributed by atoms with van der Waals surface area (Å²) in [5, 5.41) is 14.1. The molecule has 162 valence electrons. The zero-order chi connectivity index (χ0) is 21.8. The van der Waals surface area contributed by atoms with E-state index >= 15 is 0 Å². The average Bonchev–Trinajstić information content (AvgIpc) is 2.88. The molecule has 1 saturated carbocycles. The van der Waals surface area contributed by atoms with Gasteiger partial charge in [-0.1, -0.05) is 24.6 Å². The molecular formula is C22H27N2NaO5S. The van der Waals surface area contributed by atoms with E-state index in [4.69, 9.17) is 4.74 Å². The molecule has 1 aliphatic carbocycles. The van der Waals surface area contributed by atoms with E-state index in [1.54, 1.807) is 13.8 Å². The minimum absolute atomic E-state index is 0. The smallest absolute Gasteiger partial charge is 0.548 e. The summed E-state index contributed by atoms with van der Waals surface area (Å²) >= 11 is 1.40. The Hall–Kier alpha value is -1.22. The second-order valence-electron chi connectivity index (χ2n) is 9.13. The van der Waals surface area contributed by atoms with Crippen molar-refractivity contribution in [3.8, 4) is 5.75 Å². The normalized spacial score (nSPS) is 27.5. The van der Waals surface area contributed by atoms with Gasteiger partial charge in [-0.25, -0.2) is 0 Å². The van der Waals surface area contributed by atoms with Gasteiger partial charge in [0, 0.05) is 10.3 Å². The van der Waals surface area contributed by atoms with Crippen LogP contribution in [0.25, 0.3) is 0 Å². The Morgan fingerprint density at radius 1 is 1.26 bits per heavy atom. The molecule has 3 fully saturated rings. The number of ether oxygens (including phenoxy) is 1. The number of para-hydroxylation sites is 1. The molecule has 31 heavy (non-hydrogen) atoms. The maximum absolute atomic E-state index is 13.4. The molecule has 3 unspecified atom stereocenters. The summed E-state index contributed by atoms with van der Waals surface area (Å²) in [6, 6.07) is 5.86. The Morgan fingerprint density at radius 2 is 1.90 bits per heavy atom. The van der Waals surface area contributed by atoms with Crippen LogP contribution >= 0.6 is 11.8 Å². The first kappa shape index (κ1) is 24.4. The summed E-state index contributed by atoms with van der Waals surface area (Å²) < 4.78 is 5.27. The Bertz CT molecular complexity index is 902. The summed E-state index contributed by atoms with van der Waals surface area (Å²) in [6.45, 7) is 7.46. The number of β-lactam (4-membered cyclic amide) rings is 1. The molecule has 2 amide bonds. The monoisotopic (exact) mass is 454 g/mol. The SMILES string of the molecule is CC(C)Oc1ccccc1C1(C(=O)NC2C(=O)N3C2SC(C)(C)C3C(=O)[O-])CCC1.[Na+]. The molecule has 0 aromatic heterocycles. The Morgan fingerprint density at radius 3 is 2.45 bits per heavy atom. The molecule has 1 aromatic carbocycles. The largest absolute Gasteiger partial charge is 1.00 e. The maximum Gasteiger partial charge on any atom is 1.00 e. The van der Waals surface area contributed by atoms with Gasteiger partial charge in [0.2, 0.25) is 11.8 Å². The third kappa shape index (κ3) is 3.90. The van der Waals surface area contributed by atoms with Crippen LogP contribution in [0.4, 0.5) is 0 Å². The van der Waals surface area contributed by atoms with Crippen LogP contribution < -0.4 is 44.7 Å². The second kappa shape index (κ2) is 8.61. The Balaban J connectivity index is 0.00000272. The zero-order valence-corrected chi connectivity index (χ0v) is 21.5. The van der Waals surface area contributed by atoms with Crippen LogP contribution in [-0.2, 0) is 19.8 Å². The molecule has 3 atom stereocenters. The first-order chi connectivity index (χ1) is 14.1. The maximum atomic E-state index is 13.4. The number of hydrogen-bond acceptors (Lipinski definition) is 6. The number of hydrogen-bond donors (Lipinski definition) is 1. The first-order valence-corrected chi connectivity index (χ1v) is 11.2. The molecule has 0 spiro atoms.